The van der Waals surface area contributed by atoms with Crippen LogP contribution >= 0.6 is 0 Å². The number of aromatic nitrogens is 3. The molecule has 0 atom stereocenters. The molecule has 3 rings (SSSR count). The fourth-order valence-corrected chi connectivity index (χ4v) is 3.06. The standard InChI is InChI=1S/C17H21N7O3/c25-17(12-7-9-18-10-8-12)23-22-16-14(24(26)27)15(19-11-20-16)21-13-5-3-1-2-4-6-13/h7-11,13H,1-6H2,(H,23,25)(H2,19,20,21,22). The molecule has 2 aromatic heterocycles. The summed E-state index contributed by atoms with van der Waals surface area (Å²) in [5, 5.41) is 14.8. The third-order valence-corrected chi connectivity index (χ3v) is 4.44. The number of nitro groups is 1. The van der Waals surface area contributed by atoms with Gasteiger partial charge in [-0.25, -0.2) is 9.97 Å². The molecule has 0 aromatic carbocycles. The van der Waals surface area contributed by atoms with Gasteiger partial charge in [-0.3, -0.25) is 30.7 Å². The van der Waals surface area contributed by atoms with E-state index in [-0.39, 0.29) is 23.4 Å². The monoisotopic (exact) mass is 371 g/mol. The van der Waals surface area contributed by atoms with Crippen molar-refractivity contribution in [2.45, 2.75) is 44.6 Å². The third kappa shape index (κ3) is 4.87. The largest absolute Gasteiger partial charge is 0.361 e. The number of hydrogen-bond acceptors (Lipinski definition) is 8. The number of amides is 1. The molecule has 0 unspecified atom stereocenters. The molecule has 1 fully saturated rings. The van der Waals surface area contributed by atoms with Crippen LogP contribution in [0.1, 0.15) is 48.9 Å². The quantitative estimate of drug-likeness (QED) is 0.401. The Morgan fingerprint density at radius 2 is 1.74 bits per heavy atom. The summed E-state index contributed by atoms with van der Waals surface area (Å²) in [5.74, 6) is -0.375. The fourth-order valence-electron chi connectivity index (χ4n) is 3.06. The van der Waals surface area contributed by atoms with E-state index in [1.54, 1.807) is 0 Å². The summed E-state index contributed by atoms with van der Waals surface area (Å²) < 4.78 is 0. The molecule has 1 saturated carbocycles. The van der Waals surface area contributed by atoms with Gasteiger partial charge in [0.1, 0.15) is 6.33 Å². The van der Waals surface area contributed by atoms with Gasteiger partial charge in [-0.2, -0.15) is 0 Å². The van der Waals surface area contributed by atoms with Crippen LogP contribution in [0.25, 0.3) is 0 Å². The molecule has 0 bridgehead atoms. The number of nitrogens with zero attached hydrogens (tertiary/aromatic N) is 4. The van der Waals surface area contributed by atoms with Crippen molar-refractivity contribution in [3.63, 3.8) is 0 Å². The van der Waals surface area contributed by atoms with Crippen LogP contribution in [-0.4, -0.2) is 31.8 Å². The molecule has 1 amide bonds. The normalized spacial score (nSPS) is 14.8. The lowest BCUT2D eigenvalue weighted by molar-refractivity contribution is -0.383. The number of hydrogen-bond donors (Lipinski definition) is 3. The first-order valence-electron chi connectivity index (χ1n) is 8.87. The summed E-state index contributed by atoms with van der Waals surface area (Å²) in [6.45, 7) is 0. The number of pyridine rings is 1. The van der Waals surface area contributed by atoms with Gasteiger partial charge < -0.3 is 5.32 Å². The van der Waals surface area contributed by atoms with Crippen LogP contribution in [0.15, 0.2) is 30.9 Å². The highest BCUT2D eigenvalue weighted by molar-refractivity contribution is 5.94. The molecule has 142 valence electrons. The maximum absolute atomic E-state index is 12.1. The van der Waals surface area contributed by atoms with Crippen molar-refractivity contribution in [1.29, 1.82) is 0 Å². The average Bonchev–Trinajstić information content (AvgIpc) is 2.95. The summed E-state index contributed by atoms with van der Waals surface area (Å²) in [5.41, 5.74) is 5.01. The van der Waals surface area contributed by atoms with Gasteiger partial charge in [0, 0.05) is 24.0 Å². The first-order chi connectivity index (χ1) is 13.1. The van der Waals surface area contributed by atoms with Gasteiger partial charge in [0.25, 0.3) is 5.91 Å². The number of anilines is 2. The molecule has 0 radical (unpaired) electrons. The van der Waals surface area contributed by atoms with Crippen LogP contribution in [0.4, 0.5) is 17.3 Å². The molecule has 0 aliphatic heterocycles. The Labute approximate surface area is 155 Å². The second kappa shape index (κ2) is 8.88. The Morgan fingerprint density at radius 1 is 1.07 bits per heavy atom. The van der Waals surface area contributed by atoms with Gasteiger partial charge in [-0.1, -0.05) is 25.7 Å². The summed E-state index contributed by atoms with van der Waals surface area (Å²) in [7, 11) is 0. The van der Waals surface area contributed by atoms with Crippen molar-refractivity contribution >= 4 is 23.2 Å². The molecule has 0 saturated heterocycles. The van der Waals surface area contributed by atoms with E-state index in [9.17, 15) is 14.9 Å². The lowest BCUT2D eigenvalue weighted by atomic mass is 10.1. The highest BCUT2D eigenvalue weighted by atomic mass is 16.6. The highest BCUT2D eigenvalue weighted by Gasteiger charge is 2.25. The summed E-state index contributed by atoms with van der Waals surface area (Å²) in [6.07, 6.45) is 10.6. The predicted molar refractivity (Wildman–Crippen MR) is 99.1 cm³/mol. The van der Waals surface area contributed by atoms with E-state index in [0.717, 1.165) is 25.7 Å². The number of hydrazine groups is 1. The molecule has 10 heteroatoms. The molecule has 1 aliphatic carbocycles. The fraction of sp³-hybridized carbons (Fsp3) is 0.412. The first kappa shape index (κ1) is 18.5. The van der Waals surface area contributed by atoms with Crippen LogP contribution in [0.3, 0.4) is 0 Å². The van der Waals surface area contributed by atoms with E-state index in [0.29, 0.717) is 5.56 Å². The Balaban J connectivity index is 1.74. The smallest absolute Gasteiger partial charge is 0.354 e. The number of nitrogens with one attached hydrogen (secondary N) is 3. The number of rotatable bonds is 6. The minimum Gasteiger partial charge on any atom is -0.361 e. The van der Waals surface area contributed by atoms with E-state index in [2.05, 4.69) is 31.1 Å². The van der Waals surface area contributed by atoms with E-state index in [1.165, 1.54) is 43.7 Å². The van der Waals surface area contributed by atoms with Crippen LogP contribution in [0.2, 0.25) is 0 Å². The summed E-state index contributed by atoms with van der Waals surface area (Å²) >= 11 is 0. The average molecular weight is 371 g/mol. The van der Waals surface area contributed by atoms with Crippen molar-refractivity contribution in [3.8, 4) is 0 Å². The Hall–Kier alpha value is -3.30. The molecule has 2 aromatic rings. The molecule has 27 heavy (non-hydrogen) atoms. The van der Waals surface area contributed by atoms with Crippen LogP contribution in [0.5, 0.6) is 0 Å². The lowest BCUT2D eigenvalue weighted by Gasteiger charge is -2.17. The second-order valence-electron chi connectivity index (χ2n) is 6.32. The molecular weight excluding hydrogens is 350 g/mol. The highest BCUT2D eigenvalue weighted by Crippen LogP contribution is 2.30. The predicted octanol–water partition coefficient (Wildman–Crippen LogP) is 2.67. The second-order valence-corrected chi connectivity index (χ2v) is 6.32. The summed E-state index contributed by atoms with van der Waals surface area (Å²) in [6, 6.07) is 3.20. The van der Waals surface area contributed by atoms with E-state index in [1.807, 2.05) is 0 Å². The zero-order valence-electron chi connectivity index (χ0n) is 14.7. The lowest BCUT2D eigenvalue weighted by Crippen LogP contribution is -2.30. The Bertz CT molecular complexity index is 792. The van der Waals surface area contributed by atoms with Gasteiger partial charge in [0.05, 0.1) is 4.92 Å². The van der Waals surface area contributed by atoms with Crippen LogP contribution in [-0.2, 0) is 0 Å². The molecule has 0 spiro atoms. The molecular formula is C17H21N7O3. The minimum atomic E-state index is -0.556. The van der Waals surface area contributed by atoms with Crippen molar-refractivity contribution in [2.24, 2.45) is 0 Å². The molecule has 1 aliphatic rings. The zero-order valence-corrected chi connectivity index (χ0v) is 14.7. The van der Waals surface area contributed by atoms with Crippen molar-refractivity contribution < 1.29 is 9.72 Å². The first-order valence-corrected chi connectivity index (χ1v) is 8.87. The molecule has 2 heterocycles. The van der Waals surface area contributed by atoms with Gasteiger partial charge in [-0.05, 0) is 25.0 Å². The van der Waals surface area contributed by atoms with Crippen molar-refractivity contribution in [1.82, 2.24) is 20.4 Å². The maximum Gasteiger partial charge on any atom is 0.354 e. The van der Waals surface area contributed by atoms with Gasteiger partial charge in [-0.15, -0.1) is 0 Å². The van der Waals surface area contributed by atoms with Gasteiger partial charge in [0.2, 0.25) is 11.6 Å². The van der Waals surface area contributed by atoms with Crippen molar-refractivity contribution in [2.75, 3.05) is 10.7 Å². The van der Waals surface area contributed by atoms with Gasteiger partial charge >= 0.3 is 5.69 Å². The zero-order chi connectivity index (χ0) is 19.1. The molecule has 3 N–H and O–H groups in total. The molecule has 10 nitrogen and oxygen atoms in total. The topological polar surface area (TPSA) is 135 Å². The number of carbonyl (C=O) groups is 1. The SMILES string of the molecule is O=C(NNc1ncnc(NC2CCCCCC2)c1[N+](=O)[O-])c1ccncc1. The van der Waals surface area contributed by atoms with E-state index >= 15 is 0 Å². The van der Waals surface area contributed by atoms with Crippen molar-refractivity contribution in [3.05, 3.63) is 46.5 Å². The maximum atomic E-state index is 12.1. The number of carbonyl (C=O) groups excluding carboxylic acids is 1. The van der Waals surface area contributed by atoms with Gasteiger partial charge in [0.15, 0.2) is 0 Å². The van der Waals surface area contributed by atoms with Crippen LogP contribution < -0.4 is 16.2 Å². The third-order valence-electron chi connectivity index (χ3n) is 4.44. The van der Waals surface area contributed by atoms with E-state index < -0.39 is 10.8 Å². The Kier molecular flexibility index (Phi) is 6.08. The van der Waals surface area contributed by atoms with E-state index in [4.69, 9.17) is 0 Å². The Morgan fingerprint density at radius 3 is 2.41 bits per heavy atom. The summed E-state index contributed by atoms with van der Waals surface area (Å²) in [4.78, 5) is 34.9. The minimum absolute atomic E-state index is 0.0754. The van der Waals surface area contributed by atoms with Crippen LogP contribution in [0, 0.1) is 10.1 Å².